The third kappa shape index (κ3) is 2.25. The highest BCUT2D eigenvalue weighted by Crippen LogP contribution is 2.18. The number of hydrogen-bond donors (Lipinski definition) is 1. The molecule has 2 aromatic heterocycles. The summed E-state index contributed by atoms with van der Waals surface area (Å²) in [4.78, 5) is 8.41. The lowest BCUT2D eigenvalue weighted by Crippen LogP contribution is -2.22. The Morgan fingerprint density at radius 2 is 2.25 bits per heavy atom. The molecule has 0 bridgehead atoms. The number of nitrogens with zero attached hydrogens (tertiary/aromatic N) is 4. The van der Waals surface area contributed by atoms with Crippen LogP contribution in [0.1, 0.15) is 24.2 Å². The Morgan fingerprint density at radius 3 is 2.81 bits per heavy atom. The molecule has 5 heteroatoms. The zero-order valence-electron chi connectivity index (χ0n) is 9.46. The summed E-state index contributed by atoms with van der Waals surface area (Å²) in [6, 6.07) is 0.0624. The van der Waals surface area contributed by atoms with Crippen molar-refractivity contribution in [3.63, 3.8) is 0 Å². The van der Waals surface area contributed by atoms with Gasteiger partial charge in [0, 0.05) is 31.2 Å². The van der Waals surface area contributed by atoms with Gasteiger partial charge in [-0.2, -0.15) is 5.10 Å². The van der Waals surface area contributed by atoms with E-state index in [1.165, 1.54) is 0 Å². The van der Waals surface area contributed by atoms with E-state index in [0.29, 0.717) is 0 Å². The van der Waals surface area contributed by atoms with Crippen molar-refractivity contribution in [1.29, 1.82) is 0 Å². The van der Waals surface area contributed by atoms with Gasteiger partial charge in [0.1, 0.15) is 0 Å². The fraction of sp³-hybridized carbons (Fsp3) is 0.364. The van der Waals surface area contributed by atoms with Crippen molar-refractivity contribution in [2.75, 3.05) is 6.54 Å². The SMILES string of the molecule is CCNC(c1cnn(C)c1)c1cnccn1. The molecule has 0 radical (unpaired) electrons. The predicted molar refractivity (Wildman–Crippen MR) is 60.8 cm³/mol. The first kappa shape index (κ1) is 10.8. The molecule has 0 aliphatic carbocycles. The number of hydrogen-bond acceptors (Lipinski definition) is 4. The summed E-state index contributed by atoms with van der Waals surface area (Å²) in [6.07, 6.45) is 9.00. The molecule has 1 atom stereocenters. The molecule has 2 aromatic rings. The molecule has 0 aliphatic heterocycles. The summed E-state index contributed by atoms with van der Waals surface area (Å²) < 4.78 is 1.79. The van der Waals surface area contributed by atoms with Crippen LogP contribution in [0.3, 0.4) is 0 Å². The van der Waals surface area contributed by atoms with Crippen LogP contribution in [-0.4, -0.2) is 26.3 Å². The summed E-state index contributed by atoms with van der Waals surface area (Å²) in [5.41, 5.74) is 2.02. The Hall–Kier alpha value is -1.75. The van der Waals surface area contributed by atoms with E-state index in [9.17, 15) is 0 Å². The van der Waals surface area contributed by atoms with Crippen LogP contribution in [0.4, 0.5) is 0 Å². The van der Waals surface area contributed by atoms with E-state index in [4.69, 9.17) is 0 Å². The van der Waals surface area contributed by atoms with Gasteiger partial charge in [0.25, 0.3) is 0 Å². The van der Waals surface area contributed by atoms with E-state index in [-0.39, 0.29) is 6.04 Å². The molecule has 0 saturated carbocycles. The quantitative estimate of drug-likeness (QED) is 0.827. The highest BCUT2D eigenvalue weighted by Gasteiger charge is 2.15. The average molecular weight is 217 g/mol. The third-order valence-electron chi connectivity index (χ3n) is 2.35. The van der Waals surface area contributed by atoms with E-state index < -0.39 is 0 Å². The van der Waals surface area contributed by atoms with Crippen LogP contribution in [0.25, 0.3) is 0 Å². The number of nitrogens with one attached hydrogen (secondary N) is 1. The predicted octanol–water partition coefficient (Wildman–Crippen LogP) is 0.909. The minimum Gasteiger partial charge on any atom is -0.305 e. The molecule has 2 heterocycles. The first-order valence-electron chi connectivity index (χ1n) is 5.29. The van der Waals surface area contributed by atoms with Gasteiger partial charge in [-0.15, -0.1) is 0 Å². The lowest BCUT2D eigenvalue weighted by atomic mass is 10.1. The van der Waals surface area contributed by atoms with E-state index in [1.54, 1.807) is 23.3 Å². The van der Waals surface area contributed by atoms with Crippen molar-refractivity contribution in [2.45, 2.75) is 13.0 Å². The monoisotopic (exact) mass is 217 g/mol. The molecule has 0 saturated heterocycles. The van der Waals surface area contributed by atoms with Gasteiger partial charge in [0.2, 0.25) is 0 Å². The van der Waals surface area contributed by atoms with E-state index in [2.05, 4.69) is 27.3 Å². The molecule has 0 spiro atoms. The second-order valence-electron chi connectivity index (χ2n) is 3.57. The lowest BCUT2D eigenvalue weighted by Gasteiger charge is -2.14. The smallest absolute Gasteiger partial charge is 0.0802 e. The second-order valence-corrected chi connectivity index (χ2v) is 3.57. The van der Waals surface area contributed by atoms with Crippen molar-refractivity contribution in [3.05, 3.63) is 42.2 Å². The Morgan fingerprint density at radius 1 is 1.38 bits per heavy atom. The highest BCUT2D eigenvalue weighted by atomic mass is 15.2. The Kier molecular flexibility index (Phi) is 3.26. The average Bonchev–Trinajstić information content (AvgIpc) is 2.74. The van der Waals surface area contributed by atoms with Gasteiger partial charge in [-0.05, 0) is 6.54 Å². The van der Waals surface area contributed by atoms with Crippen LogP contribution < -0.4 is 5.32 Å². The van der Waals surface area contributed by atoms with Gasteiger partial charge in [-0.3, -0.25) is 14.6 Å². The maximum Gasteiger partial charge on any atom is 0.0802 e. The largest absolute Gasteiger partial charge is 0.305 e. The first-order valence-corrected chi connectivity index (χ1v) is 5.29. The Labute approximate surface area is 94.5 Å². The van der Waals surface area contributed by atoms with Crippen LogP contribution in [0, 0.1) is 0 Å². The minimum atomic E-state index is 0.0624. The zero-order chi connectivity index (χ0) is 11.4. The molecule has 0 aromatic carbocycles. The van der Waals surface area contributed by atoms with Gasteiger partial charge in [-0.1, -0.05) is 6.92 Å². The Bertz CT molecular complexity index is 437. The molecule has 0 fully saturated rings. The standard InChI is InChI=1S/C11H15N5/c1-3-13-11(9-6-15-16(2)8-9)10-7-12-4-5-14-10/h4-8,11,13H,3H2,1-2H3. The summed E-state index contributed by atoms with van der Waals surface area (Å²) in [5, 5.41) is 7.55. The molecule has 0 aliphatic rings. The molecule has 2 rings (SSSR count). The Balaban J connectivity index is 2.31. The molecular formula is C11H15N5. The van der Waals surface area contributed by atoms with Crippen LogP contribution in [0.15, 0.2) is 31.0 Å². The van der Waals surface area contributed by atoms with Gasteiger partial charge in [0.15, 0.2) is 0 Å². The van der Waals surface area contributed by atoms with Crippen molar-refractivity contribution < 1.29 is 0 Å². The molecule has 84 valence electrons. The molecule has 0 amide bonds. The molecule has 5 nitrogen and oxygen atoms in total. The minimum absolute atomic E-state index is 0.0624. The van der Waals surface area contributed by atoms with E-state index >= 15 is 0 Å². The van der Waals surface area contributed by atoms with E-state index in [1.807, 2.05) is 19.4 Å². The van der Waals surface area contributed by atoms with E-state index in [0.717, 1.165) is 17.8 Å². The highest BCUT2D eigenvalue weighted by molar-refractivity contribution is 5.21. The molecule has 16 heavy (non-hydrogen) atoms. The van der Waals surface area contributed by atoms with Crippen molar-refractivity contribution in [2.24, 2.45) is 7.05 Å². The zero-order valence-corrected chi connectivity index (χ0v) is 9.46. The van der Waals surface area contributed by atoms with Crippen LogP contribution in [0.2, 0.25) is 0 Å². The van der Waals surface area contributed by atoms with Crippen LogP contribution in [0.5, 0.6) is 0 Å². The summed E-state index contributed by atoms with van der Waals surface area (Å²) in [6.45, 7) is 2.94. The maximum absolute atomic E-state index is 4.32. The topological polar surface area (TPSA) is 55.6 Å². The van der Waals surface area contributed by atoms with Gasteiger partial charge < -0.3 is 5.32 Å². The second kappa shape index (κ2) is 4.85. The molecular weight excluding hydrogens is 202 g/mol. The summed E-state index contributed by atoms with van der Waals surface area (Å²) in [5.74, 6) is 0. The normalized spacial score (nSPS) is 12.6. The van der Waals surface area contributed by atoms with Gasteiger partial charge >= 0.3 is 0 Å². The van der Waals surface area contributed by atoms with Crippen LogP contribution >= 0.6 is 0 Å². The fourth-order valence-electron chi connectivity index (χ4n) is 1.65. The van der Waals surface area contributed by atoms with Gasteiger partial charge in [-0.25, -0.2) is 0 Å². The van der Waals surface area contributed by atoms with Crippen molar-refractivity contribution in [3.8, 4) is 0 Å². The summed E-state index contributed by atoms with van der Waals surface area (Å²) in [7, 11) is 1.91. The summed E-state index contributed by atoms with van der Waals surface area (Å²) >= 11 is 0. The van der Waals surface area contributed by atoms with Crippen molar-refractivity contribution >= 4 is 0 Å². The molecule has 1 N–H and O–H groups in total. The number of rotatable bonds is 4. The fourth-order valence-corrected chi connectivity index (χ4v) is 1.65. The first-order chi connectivity index (χ1) is 7.81. The molecule has 1 unspecified atom stereocenters. The van der Waals surface area contributed by atoms with Crippen LogP contribution in [-0.2, 0) is 7.05 Å². The van der Waals surface area contributed by atoms with Gasteiger partial charge in [0.05, 0.1) is 24.1 Å². The lowest BCUT2D eigenvalue weighted by molar-refractivity contribution is 0.612. The number of aromatic nitrogens is 4. The maximum atomic E-state index is 4.32. The number of aryl methyl sites for hydroxylation is 1. The van der Waals surface area contributed by atoms with Crippen molar-refractivity contribution in [1.82, 2.24) is 25.1 Å². The third-order valence-corrected chi connectivity index (χ3v) is 2.35.